The Bertz CT molecular complexity index is 675. The van der Waals surface area contributed by atoms with E-state index in [9.17, 15) is 9.90 Å². The van der Waals surface area contributed by atoms with Crippen LogP contribution < -0.4 is 4.74 Å². The SMILES string of the molecule is COc1ccc2c(c1)c1c(n2CCO)C(=O)N(C)CC1. The third-order valence-electron chi connectivity index (χ3n) is 3.95. The number of hydrogen-bond acceptors (Lipinski definition) is 3. The van der Waals surface area contributed by atoms with Crippen LogP contribution in [0.3, 0.4) is 0 Å². The van der Waals surface area contributed by atoms with Gasteiger partial charge in [-0.25, -0.2) is 0 Å². The molecule has 2 aromatic rings. The molecule has 0 saturated heterocycles. The highest BCUT2D eigenvalue weighted by atomic mass is 16.5. The number of fused-ring (bicyclic) bond motifs is 3. The largest absolute Gasteiger partial charge is 0.497 e. The minimum atomic E-state index is 0.0131. The zero-order valence-corrected chi connectivity index (χ0v) is 11.7. The fourth-order valence-corrected chi connectivity index (χ4v) is 2.92. The van der Waals surface area contributed by atoms with Crippen molar-refractivity contribution in [3.8, 4) is 5.75 Å². The average molecular weight is 274 g/mol. The minimum absolute atomic E-state index is 0.0131. The lowest BCUT2D eigenvalue weighted by Crippen LogP contribution is -2.35. The summed E-state index contributed by atoms with van der Waals surface area (Å²) in [6, 6.07) is 5.81. The summed E-state index contributed by atoms with van der Waals surface area (Å²) in [7, 11) is 3.45. The molecular weight excluding hydrogens is 256 g/mol. The topological polar surface area (TPSA) is 54.7 Å². The van der Waals surface area contributed by atoms with Crippen LogP contribution in [0.25, 0.3) is 10.9 Å². The van der Waals surface area contributed by atoms with Crippen LogP contribution in [-0.4, -0.2) is 47.8 Å². The Morgan fingerprint density at radius 3 is 2.90 bits per heavy atom. The standard InChI is InChI=1S/C15H18N2O3/c1-16-6-5-11-12-9-10(20-2)3-4-13(12)17(7-8-18)14(11)15(16)19/h3-4,9,18H,5-8H2,1-2H3. The molecule has 1 aromatic carbocycles. The van der Waals surface area contributed by atoms with E-state index in [0.29, 0.717) is 12.2 Å². The molecular formula is C15H18N2O3. The van der Waals surface area contributed by atoms with E-state index >= 15 is 0 Å². The molecule has 5 nitrogen and oxygen atoms in total. The number of amides is 1. The molecule has 5 heteroatoms. The fourth-order valence-electron chi connectivity index (χ4n) is 2.92. The van der Waals surface area contributed by atoms with Gasteiger partial charge in [0, 0.05) is 31.0 Å². The van der Waals surface area contributed by atoms with E-state index in [4.69, 9.17) is 4.74 Å². The number of nitrogens with zero attached hydrogens (tertiary/aromatic N) is 2. The molecule has 106 valence electrons. The summed E-state index contributed by atoms with van der Waals surface area (Å²) in [6.07, 6.45) is 0.833. The van der Waals surface area contributed by atoms with Crippen LogP contribution in [0, 0.1) is 0 Å². The van der Waals surface area contributed by atoms with E-state index in [1.54, 1.807) is 12.0 Å². The van der Waals surface area contributed by atoms with Gasteiger partial charge in [0.2, 0.25) is 0 Å². The van der Waals surface area contributed by atoms with Crippen LogP contribution in [-0.2, 0) is 13.0 Å². The molecule has 1 aliphatic rings. The predicted molar refractivity (Wildman–Crippen MR) is 76.2 cm³/mol. The first-order valence-electron chi connectivity index (χ1n) is 6.72. The smallest absolute Gasteiger partial charge is 0.270 e. The molecule has 2 heterocycles. The molecule has 0 fully saturated rings. The maximum Gasteiger partial charge on any atom is 0.270 e. The number of likely N-dealkylation sites (N-methyl/N-ethyl adjacent to an activating group) is 1. The average Bonchev–Trinajstić information content (AvgIpc) is 2.77. The van der Waals surface area contributed by atoms with Crippen molar-refractivity contribution in [3.63, 3.8) is 0 Å². The van der Waals surface area contributed by atoms with E-state index in [1.807, 2.05) is 29.8 Å². The molecule has 0 unspecified atom stereocenters. The third-order valence-corrected chi connectivity index (χ3v) is 3.95. The number of methoxy groups -OCH3 is 1. The van der Waals surface area contributed by atoms with Crippen molar-refractivity contribution in [2.45, 2.75) is 13.0 Å². The molecule has 1 aromatic heterocycles. The highest BCUT2D eigenvalue weighted by Crippen LogP contribution is 2.32. The second-order valence-corrected chi connectivity index (χ2v) is 5.06. The number of carbonyl (C=O) groups excluding carboxylic acids is 1. The van der Waals surface area contributed by atoms with Gasteiger partial charge >= 0.3 is 0 Å². The number of ether oxygens (including phenoxy) is 1. The summed E-state index contributed by atoms with van der Waals surface area (Å²) in [5.41, 5.74) is 2.75. The fraction of sp³-hybridized carbons (Fsp3) is 0.400. The van der Waals surface area contributed by atoms with Gasteiger partial charge in [-0.15, -0.1) is 0 Å². The first-order valence-corrected chi connectivity index (χ1v) is 6.72. The van der Waals surface area contributed by atoms with E-state index in [1.165, 1.54) is 0 Å². The first kappa shape index (κ1) is 13.0. The summed E-state index contributed by atoms with van der Waals surface area (Å²) < 4.78 is 7.20. The molecule has 0 bridgehead atoms. The van der Waals surface area contributed by atoms with Crippen molar-refractivity contribution in [1.29, 1.82) is 0 Å². The van der Waals surface area contributed by atoms with Gasteiger partial charge < -0.3 is 19.3 Å². The van der Waals surface area contributed by atoms with Gasteiger partial charge in [0.15, 0.2) is 0 Å². The second-order valence-electron chi connectivity index (χ2n) is 5.06. The van der Waals surface area contributed by atoms with Crippen molar-refractivity contribution < 1.29 is 14.6 Å². The Morgan fingerprint density at radius 2 is 2.20 bits per heavy atom. The molecule has 1 aliphatic heterocycles. The summed E-state index contributed by atoms with van der Waals surface area (Å²) in [4.78, 5) is 14.2. The Morgan fingerprint density at radius 1 is 1.40 bits per heavy atom. The summed E-state index contributed by atoms with van der Waals surface area (Å²) in [5.74, 6) is 0.808. The van der Waals surface area contributed by atoms with E-state index in [-0.39, 0.29) is 12.5 Å². The number of carbonyl (C=O) groups is 1. The molecule has 0 saturated carbocycles. The summed E-state index contributed by atoms with van der Waals surface area (Å²) in [6.45, 7) is 1.16. The van der Waals surface area contributed by atoms with Crippen LogP contribution in [0.15, 0.2) is 18.2 Å². The van der Waals surface area contributed by atoms with Crippen molar-refractivity contribution in [1.82, 2.24) is 9.47 Å². The minimum Gasteiger partial charge on any atom is -0.497 e. The van der Waals surface area contributed by atoms with Gasteiger partial charge in [-0.3, -0.25) is 4.79 Å². The van der Waals surface area contributed by atoms with Gasteiger partial charge in [0.05, 0.1) is 13.7 Å². The van der Waals surface area contributed by atoms with Crippen LogP contribution in [0.2, 0.25) is 0 Å². The van der Waals surface area contributed by atoms with Crippen LogP contribution in [0.1, 0.15) is 16.1 Å². The van der Waals surface area contributed by atoms with E-state index < -0.39 is 0 Å². The molecule has 20 heavy (non-hydrogen) atoms. The van der Waals surface area contributed by atoms with Crippen LogP contribution in [0.4, 0.5) is 0 Å². The van der Waals surface area contributed by atoms with Crippen LogP contribution in [0.5, 0.6) is 5.75 Å². The van der Waals surface area contributed by atoms with Crippen molar-refractivity contribution in [2.24, 2.45) is 0 Å². The number of aliphatic hydroxyl groups excluding tert-OH is 1. The number of aliphatic hydroxyl groups is 1. The van der Waals surface area contributed by atoms with Crippen molar-refractivity contribution in [3.05, 3.63) is 29.5 Å². The second kappa shape index (κ2) is 4.83. The lowest BCUT2D eigenvalue weighted by Gasteiger charge is -2.24. The Kier molecular flexibility index (Phi) is 3.14. The predicted octanol–water partition coefficient (Wildman–Crippen LogP) is 1.27. The Labute approximate surface area is 117 Å². The third kappa shape index (κ3) is 1.78. The normalized spacial score (nSPS) is 14.8. The number of hydrogen-bond donors (Lipinski definition) is 1. The maximum atomic E-state index is 12.4. The summed E-state index contributed by atoms with van der Waals surface area (Å²) in [5, 5.41) is 10.3. The zero-order valence-electron chi connectivity index (χ0n) is 11.7. The Hall–Kier alpha value is -2.01. The van der Waals surface area contributed by atoms with Crippen LogP contribution >= 0.6 is 0 Å². The monoisotopic (exact) mass is 274 g/mol. The van der Waals surface area contributed by atoms with Gasteiger partial charge in [0.1, 0.15) is 11.4 Å². The zero-order chi connectivity index (χ0) is 14.3. The van der Waals surface area contributed by atoms with E-state index in [2.05, 4.69) is 0 Å². The number of aromatic nitrogens is 1. The van der Waals surface area contributed by atoms with E-state index in [0.717, 1.165) is 35.2 Å². The number of benzene rings is 1. The number of rotatable bonds is 3. The lowest BCUT2D eigenvalue weighted by molar-refractivity contribution is 0.0769. The molecule has 3 rings (SSSR count). The molecule has 0 radical (unpaired) electrons. The van der Waals surface area contributed by atoms with Crippen molar-refractivity contribution >= 4 is 16.8 Å². The summed E-state index contributed by atoms with van der Waals surface area (Å²) >= 11 is 0. The van der Waals surface area contributed by atoms with Crippen molar-refractivity contribution in [2.75, 3.05) is 27.3 Å². The van der Waals surface area contributed by atoms with Gasteiger partial charge in [0.25, 0.3) is 5.91 Å². The molecule has 0 spiro atoms. The highest BCUT2D eigenvalue weighted by molar-refractivity contribution is 6.03. The maximum absolute atomic E-state index is 12.4. The van der Waals surface area contributed by atoms with Gasteiger partial charge in [-0.2, -0.15) is 0 Å². The molecule has 1 N–H and O–H groups in total. The van der Waals surface area contributed by atoms with Gasteiger partial charge in [-0.05, 0) is 30.2 Å². The Balaban J connectivity index is 2.30. The lowest BCUT2D eigenvalue weighted by atomic mass is 10.0. The van der Waals surface area contributed by atoms with Gasteiger partial charge in [-0.1, -0.05) is 0 Å². The molecule has 0 atom stereocenters. The highest BCUT2D eigenvalue weighted by Gasteiger charge is 2.28. The first-order chi connectivity index (χ1) is 9.67. The quantitative estimate of drug-likeness (QED) is 0.917. The molecule has 1 amide bonds. The molecule has 0 aliphatic carbocycles.